The summed E-state index contributed by atoms with van der Waals surface area (Å²) in [5, 5.41) is 0. The van der Waals surface area contributed by atoms with Gasteiger partial charge in [0, 0.05) is 12.6 Å². The monoisotopic (exact) mass is 320 g/mol. The molecule has 1 fully saturated rings. The molecular weight excluding hydrogens is 296 g/mol. The number of carbonyl (C=O) groups excluding carboxylic acids is 2. The van der Waals surface area contributed by atoms with Gasteiger partial charge in [0.25, 0.3) is 0 Å². The second-order valence-corrected chi connectivity index (χ2v) is 6.74. The highest BCUT2D eigenvalue weighted by Gasteiger charge is 2.41. The summed E-state index contributed by atoms with van der Waals surface area (Å²) in [6.45, 7) is 5.82. The molecule has 2 N–H and O–H groups in total. The fourth-order valence-electron chi connectivity index (χ4n) is 2.47. The first kappa shape index (κ1) is 17.3. The van der Waals surface area contributed by atoms with Crippen molar-refractivity contribution in [2.24, 2.45) is 5.73 Å². The molecule has 1 aliphatic rings. The standard InChI is InChI=1S/C17H24N2O4/c1-17(2,3)23-15(20)14-9-13(18)10-19(14)16(21)22-11-12-7-5-4-6-8-12/h4-8,13-14H,9-11,18H2,1-3H3/t13-,14+/m1/s1. The molecule has 1 aromatic carbocycles. The molecule has 2 atom stereocenters. The van der Waals surface area contributed by atoms with E-state index in [0.29, 0.717) is 6.42 Å². The van der Waals surface area contributed by atoms with E-state index in [-0.39, 0.29) is 19.2 Å². The zero-order valence-corrected chi connectivity index (χ0v) is 13.8. The molecule has 6 nitrogen and oxygen atoms in total. The van der Waals surface area contributed by atoms with Crippen molar-refractivity contribution in [3.63, 3.8) is 0 Å². The Balaban J connectivity index is 1.98. The summed E-state index contributed by atoms with van der Waals surface area (Å²) in [5.41, 5.74) is 6.18. The minimum absolute atomic E-state index is 0.159. The first-order valence-electron chi connectivity index (χ1n) is 7.72. The van der Waals surface area contributed by atoms with Crippen LogP contribution in [0.5, 0.6) is 0 Å². The van der Waals surface area contributed by atoms with Crippen molar-refractivity contribution < 1.29 is 19.1 Å². The molecule has 0 unspecified atom stereocenters. The molecule has 0 saturated carbocycles. The Morgan fingerprint density at radius 2 is 1.91 bits per heavy atom. The maximum absolute atomic E-state index is 12.3. The van der Waals surface area contributed by atoms with Crippen molar-refractivity contribution in [3.8, 4) is 0 Å². The quantitative estimate of drug-likeness (QED) is 0.862. The maximum atomic E-state index is 12.3. The summed E-state index contributed by atoms with van der Waals surface area (Å²) in [7, 11) is 0. The van der Waals surface area contributed by atoms with Crippen LogP contribution in [0.3, 0.4) is 0 Å². The molecule has 1 saturated heterocycles. The lowest BCUT2D eigenvalue weighted by Gasteiger charge is -2.26. The van der Waals surface area contributed by atoms with Gasteiger partial charge in [-0.3, -0.25) is 4.90 Å². The number of carbonyl (C=O) groups is 2. The molecule has 126 valence electrons. The maximum Gasteiger partial charge on any atom is 0.410 e. The summed E-state index contributed by atoms with van der Waals surface area (Å²) >= 11 is 0. The van der Waals surface area contributed by atoms with Crippen LogP contribution in [0.25, 0.3) is 0 Å². The van der Waals surface area contributed by atoms with Crippen LogP contribution in [-0.4, -0.2) is 41.2 Å². The molecular formula is C17H24N2O4. The zero-order valence-electron chi connectivity index (χ0n) is 13.8. The number of hydrogen-bond donors (Lipinski definition) is 1. The van der Waals surface area contributed by atoms with Gasteiger partial charge < -0.3 is 15.2 Å². The minimum Gasteiger partial charge on any atom is -0.458 e. The summed E-state index contributed by atoms with van der Waals surface area (Å²) in [6, 6.07) is 8.44. The highest BCUT2D eigenvalue weighted by Crippen LogP contribution is 2.22. The SMILES string of the molecule is CC(C)(C)OC(=O)[C@@H]1C[C@@H](N)CN1C(=O)OCc1ccccc1. The second-order valence-electron chi connectivity index (χ2n) is 6.74. The number of rotatable bonds is 3. The molecule has 0 aliphatic carbocycles. The third-order valence-electron chi connectivity index (χ3n) is 3.45. The largest absolute Gasteiger partial charge is 0.458 e. The molecule has 1 aromatic rings. The van der Waals surface area contributed by atoms with Crippen LogP contribution in [0, 0.1) is 0 Å². The fraction of sp³-hybridized carbons (Fsp3) is 0.529. The molecule has 6 heteroatoms. The van der Waals surface area contributed by atoms with E-state index in [1.807, 2.05) is 30.3 Å². The van der Waals surface area contributed by atoms with Crippen molar-refractivity contribution in [2.75, 3.05) is 6.54 Å². The smallest absolute Gasteiger partial charge is 0.410 e. The van der Waals surface area contributed by atoms with Crippen LogP contribution < -0.4 is 5.73 Å². The highest BCUT2D eigenvalue weighted by molar-refractivity contribution is 5.82. The van der Waals surface area contributed by atoms with Gasteiger partial charge in [-0.25, -0.2) is 9.59 Å². The lowest BCUT2D eigenvalue weighted by Crippen LogP contribution is -2.43. The van der Waals surface area contributed by atoms with Crippen molar-refractivity contribution in [1.82, 2.24) is 4.90 Å². The van der Waals surface area contributed by atoms with E-state index >= 15 is 0 Å². The van der Waals surface area contributed by atoms with Gasteiger partial charge in [0.05, 0.1) is 0 Å². The van der Waals surface area contributed by atoms with Crippen molar-refractivity contribution >= 4 is 12.1 Å². The third-order valence-corrected chi connectivity index (χ3v) is 3.45. The van der Waals surface area contributed by atoms with E-state index in [2.05, 4.69) is 0 Å². The predicted molar refractivity (Wildman–Crippen MR) is 85.6 cm³/mol. The Morgan fingerprint density at radius 3 is 2.52 bits per heavy atom. The molecule has 1 heterocycles. The topological polar surface area (TPSA) is 81.9 Å². The van der Waals surface area contributed by atoms with Crippen LogP contribution in [0.2, 0.25) is 0 Å². The van der Waals surface area contributed by atoms with E-state index in [0.717, 1.165) is 5.56 Å². The average molecular weight is 320 g/mol. The number of amides is 1. The van der Waals surface area contributed by atoms with E-state index in [4.69, 9.17) is 15.2 Å². The lowest BCUT2D eigenvalue weighted by atomic mass is 10.1. The summed E-state index contributed by atoms with van der Waals surface area (Å²) < 4.78 is 10.7. The van der Waals surface area contributed by atoms with Crippen LogP contribution >= 0.6 is 0 Å². The number of likely N-dealkylation sites (tertiary alicyclic amines) is 1. The number of nitrogens with zero attached hydrogens (tertiary/aromatic N) is 1. The number of hydrogen-bond acceptors (Lipinski definition) is 5. The summed E-state index contributed by atoms with van der Waals surface area (Å²) in [4.78, 5) is 25.9. The number of ether oxygens (including phenoxy) is 2. The molecule has 1 amide bonds. The van der Waals surface area contributed by atoms with Gasteiger partial charge in [0.2, 0.25) is 0 Å². The number of nitrogens with two attached hydrogens (primary N) is 1. The van der Waals surface area contributed by atoms with Gasteiger partial charge in [-0.15, -0.1) is 0 Å². The van der Waals surface area contributed by atoms with Crippen LogP contribution in [0.4, 0.5) is 4.79 Å². The normalized spacial score (nSPS) is 21.1. The van der Waals surface area contributed by atoms with Gasteiger partial charge in [-0.05, 0) is 32.8 Å². The average Bonchev–Trinajstić information content (AvgIpc) is 2.86. The molecule has 23 heavy (non-hydrogen) atoms. The first-order valence-corrected chi connectivity index (χ1v) is 7.72. The third kappa shape index (κ3) is 4.96. The molecule has 1 aliphatic heterocycles. The molecule has 0 bridgehead atoms. The Kier molecular flexibility index (Phi) is 5.26. The van der Waals surface area contributed by atoms with E-state index in [1.54, 1.807) is 20.8 Å². The zero-order chi connectivity index (χ0) is 17.0. The van der Waals surface area contributed by atoms with E-state index in [9.17, 15) is 9.59 Å². The minimum atomic E-state index is -0.688. The molecule has 0 radical (unpaired) electrons. The highest BCUT2D eigenvalue weighted by atomic mass is 16.6. The van der Waals surface area contributed by atoms with Crippen molar-refractivity contribution in [3.05, 3.63) is 35.9 Å². The fourth-order valence-corrected chi connectivity index (χ4v) is 2.47. The first-order chi connectivity index (χ1) is 10.8. The Bertz CT molecular complexity index is 553. The van der Waals surface area contributed by atoms with E-state index < -0.39 is 23.7 Å². The Morgan fingerprint density at radius 1 is 1.26 bits per heavy atom. The Labute approximate surface area is 136 Å². The summed E-state index contributed by atoms with van der Waals surface area (Å²) in [6.07, 6.45) is -0.160. The second kappa shape index (κ2) is 7.00. The molecule has 2 rings (SSSR count). The van der Waals surface area contributed by atoms with Crippen molar-refractivity contribution in [1.29, 1.82) is 0 Å². The number of benzene rings is 1. The lowest BCUT2D eigenvalue weighted by molar-refractivity contribution is -0.159. The Hall–Kier alpha value is -2.08. The molecule has 0 aromatic heterocycles. The van der Waals surface area contributed by atoms with Gasteiger partial charge in [-0.1, -0.05) is 30.3 Å². The van der Waals surface area contributed by atoms with E-state index in [1.165, 1.54) is 4.90 Å². The molecule has 0 spiro atoms. The van der Waals surface area contributed by atoms with Gasteiger partial charge in [0.15, 0.2) is 0 Å². The van der Waals surface area contributed by atoms with Crippen LogP contribution in [0.1, 0.15) is 32.8 Å². The predicted octanol–water partition coefficient (Wildman–Crippen LogP) is 2.07. The summed E-state index contributed by atoms with van der Waals surface area (Å²) in [5.74, 6) is -0.442. The van der Waals surface area contributed by atoms with Gasteiger partial charge in [0.1, 0.15) is 18.2 Å². The van der Waals surface area contributed by atoms with Gasteiger partial charge in [-0.2, -0.15) is 0 Å². The van der Waals surface area contributed by atoms with Gasteiger partial charge >= 0.3 is 12.1 Å². The van der Waals surface area contributed by atoms with Crippen LogP contribution in [-0.2, 0) is 20.9 Å². The van der Waals surface area contributed by atoms with Crippen molar-refractivity contribution in [2.45, 2.75) is 51.5 Å². The number of esters is 1. The van der Waals surface area contributed by atoms with Crippen LogP contribution in [0.15, 0.2) is 30.3 Å².